The summed E-state index contributed by atoms with van der Waals surface area (Å²) in [6, 6.07) is 12.1. The number of hydrogen-bond acceptors (Lipinski definition) is 1. The van der Waals surface area contributed by atoms with E-state index in [4.69, 9.17) is 0 Å². The van der Waals surface area contributed by atoms with Crippen molar-refractivity contribution in [3.05, 3.63) is 76.9 Å². The molecule has 0 amide bonds. The second-order valence-electron chi connectivity index (χ2n) is 15.5. The molecule has 0 bridgehead atoms. The fourth-order valence-corrected chi connectivity index (χ4v) is 15.0. The smallest absolute Gasteiger partial charge is 0.134 e. The lowest BCUT2D eigenvalue weighted by atomic mass is 9.85. The predicted molar refractivity (Wildman–Crippen MR) is 181 cm³/mol. The molecule has 1 fully saturated rings. The first-order valence-corrected chi connectivity index (χ1v) is 23.7. The summed E-state index contributed by atoms with van der Waals surface area (Å²) in [5, 5.41) is 0.970. The van der Waals surface area contributed by atoms with Crippen LogP contribution in [0.1, 0.15) is 68.4 Å². The van der Waals surface area contributed by atoms with Gasteiger partial charge in [-0.25, -0.2) is 0 Å². The number of hydrogen-bond donors (Lipinski definition) is 2. The number of nitrogens with one attached hydrogen (secondary N) is 2. The average molecular weight is 597 g/mol. The van der Waals surface area contributed by atoms with Gasteiger partial charge in [0.25, 0.3) is 0 Å². The van der Waals surface area contributed by atoms with Crippen LogP contribution in [-0.4, -0.2) is 42.2 Å². The van der Waals surface area contributed by atoms with E-state index in [2.05, 4.69) is 123 Å². The van der Waals surface area contributed by atoms with Crippen LogP contribution >= 0.6 is 17.2 Å². The number of Topliss-reactive ketones (excluding diaryl/α,β-unsaturated/α-hetero) is 1. The van der Waals surface area contributed by atoms with Crippen LogP contribution in [0.2, 0.25) is 39.3 Å². The van der Waals surface area contributed by atoms with Crippen LogP contribution in [0.3, 0.4) is 0 Å². The Morgan fingerprint density at radius 1 is 0.821 bits per heavy atom. The molecule has 0 radical (unpaired) electrons. The first-order valence-electron chi connectivity index (χ1n) is 14.4. The third-order valence-corrected chi connectivity index (χ3v) is 15.5. The lowest BCUT2D eigenvalue weighted by molar-refractivity contribution is -0.120. The summed E-state index contributed by atoms with van der Waals surface area (Å²) in [4.78, 5) is 19.7. The lowest BCUT2D eigenvalue weighted by Crippen LogP contribution is -2.45. The molecule has 3 aromatic rings. The summed E-state index contributed by atoms with van der Waals surface area (Å²) in [6.07, 6.45) is 9.74. The van der Waals surface area contributed by atoms with Crippen LogP contribution in [0, 0.1) is 0 Å². The number of carbonyl (C=O) groups excluding carboxylic acids is 1. The van der Waals surface area contributed by atoms with Crippen LogP contribution in [0.5, 0.6) is 0 Å². The Morgan fingerprint density at radius 3 is 1.64 bits per heavy atom. The molecule has 39 heavy (non-hydrogen) atoms. The van der Waals surface area contributed by atoms with Gasteiger partial charge in [0.15, 0.2) is 0 Å². The van der Waals surface area contributed by atoms with Crippen molar-refractivity contribution in [2.24, 2.45) is 0 Å². The topological polar surface area (TPSA) is 48.6 Å². The van der Waals surface area contributed by atoms with Gasteiger partial charge in [-0.1, -0.05) is 87.0 Å². The lowest BCUT2D eigenvalue weighted by Gasteiger charge is -2.51. The molecule has 1 aliphatic rings. The number of benzene rings is 1. The average Bonchev–Trinajstić information content (AvgIpc) is 3.45. The van der Waals surface area contributed by atoms with Crippen LogP contribution < -0.4 is 5.30 Å². The maximum Gasteiger partial charge on any atom is 0.134 e. The molecule has 0 saturated carbocycles. The van der Waals surface area contributed by atoms with E-state index in [-0.39, 0.29) is 10.3 Å². The van der Waals surface area contributed by atoms with E-state index in [0.29, 0.717) is 18.6 Å². The Kier molecular flexibility index (Phi) is 8.29. The summed E-state index contributed by atoms with van der Waals surface area (Å²) in [7, 11) is -0.113. The van der Waals surface area contributed by atoms with Crippen LogP contribution in [0.25, 0.3) is 0 Å². The maximum atomic E-state index is 13.0. The zero-order valence-corrected chi connectivity index (χ0v) is 29.9. The second kappa shape index (κ2) is 10.5. The van der Waals surface area contributed by atoms with Gasteiger partial charge in [0, 0.05) is 53.8 Å². The minimum Gasteiger partial charge on any atom is -0.367 e. The van der Waals surface area contributed by atoms with Gasteiger partial charge >= 0.3 is 0 Å². The molecule has 212 valence electrons. The fourth-order valence-electron chi connectivity index (χ4n) is 6.92. The largest absolute Gasteiger partial charge is 0.367 e. The molecule has 1 unspecified atom stereocenters. The highest BCUT2D eigenvalue weighted by Gasteiger charge is 2.50. The van der Waals surface area contributed by atoms with Crippen molar-refractivity contribution in [1.82, 2.24) is 9.97 Å². The highest BCUT2D eigenvalue weighted by atomic mass is 31.1. The number of aromatic nitrogens is 2. The van der Waals surface area contributed by atoms with Crippen molar-refractivity contribution < 1.29 is 4.79 Å². The van der Waals surface area contributed by atoms with Crippen molar-refractivity contribution >= 4 is 44.4 Å². The fraction of sp³-hybridized carbons (Fsp3) is 0.531. The molecule has 7 heteroatoms. The van der Waals surface area contributed by atoms with Gasteiger partial charge in [0.2, 0.25) is 0 Å². The van der Waals surface area contributed by atoms with Gasteiger partial charge in [-0.3, -0.25) is 4.79 Å². The zero-order chi connectivity index (χ0) is 29.0. The summed E-state index contributed by atoms with van der Waals surface area (Å²) in [5.41, 5.74) is 7.03. The second-order valence-corrected chi connectivity index (χ2v) is 30.9. The molecular weight excluding hydrogens is 546 g/mol. The third-order valence-electron chi connectivity index (χ3n) is 8.00. The van der Waals surface area contributed by atoms with Crippen LogP contribution in [-0.2, 0) is 22.0 Å². The molecule has 1 saturated heterocycles. The molecule has 3 nitrogen and oxygen atoms in total. The standard InChI is InChI=1S/C32H50N2OP2Si2/c1-30(2)17-27(35)18-31(3,4)37(30)29-16-24(22-39(8,9)10)23(21-38(5,6)7)15-28(29)32(36,25-11-13-33-19-25)26-12-14-34-20-26/h11-16,19-20,33-34H,17-18,21-22,36H2,1-10H3. The predicted octanol–water partition coefficient (Wildman–Crippen LogP) is 8.38. The summed E-state index contributed by atoms with van der Waals surface area (Å²) in [5.74, 6) is 0.413. The van der Waals surface area contributed by atoms with Gasteiger partial charge in [0.1, 0.15) is 5.78 Å². The van der Waals surface area contributed by atoms with Crippen molar-refractivity contribution in [2.75, 3.05) is 0 Å². The van der Waals surface area contributed by atoms with Crippen LogP contribution in [0.4, 0.5) is 0 Å². The summed E-state index contributed by atoms with van der Waals surface area (Å²) < 4.78 is 0. The molecule has 0 aliphatic carbocycles. The van der Waals surface area contributed by atoms with Crippen LogP contribution in [0.15, 0.2) is 49.1 Å². The molecule has 4 rings (SSSR count). The van der Waals surface area contributed by atoms with E-state index in [1.807, 2.05) is 12.4 Å². The number of carbonyl (C=O) groups is 1. The monoisotopic (exact) mass is 596 g/mol. The molecule has 2 N–H and O–H groups in total. The van der Waals surface area contributed by atoms with E-state index >= 15 is 0 Å². The van der Waals surface area contributed by atoms with Gasteiger partial charge in [0.05, 0.1) is 5.16 Å². The Labute approximate surface area is 242 Å². The normalized spacial score (nSPS) is 18.5. The number of ketones is 1. The Hall–Kier alpha value is -1.26. The van der Waals surface area contributed by atoms with E-state index < -0.39 is 29.2 Å². The molecule has 3 heterocycles. The quantitative estimate of drug-likeness (QED) is 0.199. The Morgan fingerprint density at radius 2 is 1.26 bits per heavy atom. The van der Waals surface area contributed by atoms with Gasteiger partial charge < -0.3 is 9.97 Å². The minimum absolute atomic E-state index is 0.0679. The van der Waals surface area contributed by atoms with Crippen molar-refractivity contribution in [3.8, 4) is 0 Å². The SMILES string of the molecule is CC1(C)CC(=O)CC(C)(C)P1c1cc(C[Si](C)(C)C)c(C[Si](C)(C)C)cc1C(P)(c1cc[nH]c1)c1cc[nH]c1. The highest BCUT2D eigenvalue weighted by Crippen LogP contribution is 2.66. The van der Waals surface area contributed by atoms with Crippen molar-refractivity contribution in [2.45, 2.75) is 107 Å². The van der Waals surface area contributed by atoms with E-state index in [1.165, 1.54) is 34.1 Å². The van der Waals surface area contributed by atoms with Crippen molar-refractivity contribution in [1.29, 1.82) is 0 Å². The first-order chi connectivity index (χ1) is 17.8. The number of H-pyrrole nitrogens is 2. The van der Waals surface area contributed by atoms with Gasteiger partial charge in [-0.15, -0.1) is 9.24 Å². The highest BCUT2D eigenvalue weighted by molar-refractivity contribution is 7.69. The number of aromatic amines is 2. The molecule has 1 aromatic carbocycles. The Balaban J connectivity index is 2.12. The van der Waals surface area contributed by atoms with Gasteiger partial charge in [-0.2, -0.15) is 0 Å². The van der Waals surface area contributed by atoms with E-state index in [9.17, 15) is 4.79 Å². The zero-order valence-electron chi connectivity index (χ0n) is 25.9. The first kappa shape index (κ1) is 30.7. The summed E-state index contributed by atoms with van der Waals surface area (Å²) >= 11 is 0. The molecule has 2 aromatic heterocycles. The summed E-state index contributed by atoms with van der Waals surface area (Å²) in [6.45, 7) is 24.4. The van der Waals surface area contributed by atoms with Crippen molar-refractivity contribution in [3.63, 3.8) is 0 Å². The molecule has 0 spiro atoms. The number of rotatable bonds is 8. The molecule has 1 aliphatic heterocycles. The van der Waals surface area contributed by atoms with E-state index in [1.54, 1.807) is 11.1 Å². The third kappa shape index (κ3) is 6.48. The minimum atomic E-state index is -1.39. The Bertz CT molecular complexity index is 1260. The maximum absolute atomic E-state index is 13.0. The van der Waals surface area contributed by atoms with Gasteiger partial charge in [-0.05, 0) is 67.7 Å². The van der Waals surface area contributed by atoms with E-state index in [0.717, 1.165) is 0 Å². The molecular formula is C32H50N2OP2Si2. The molecule has 1 atom stereocenters.